The molecule has 1 amide bonds. The van der Waals surface area contributed by atoms with Crippen LogP contribution in [0.3, 0.4) is 0 Å². The van der Waals surface area contributed by atoms with Crippen LogP contribution in [0.25, 0.3) is 0 Å². The highest BCUT2D eigenvalue weighted by atomic mass is 16.3. The van der Waals surface area contributed by atoms with E-state index in [2.05, 4.69) is 5.32 Å². The summed E-state index contributed by atoms with van der Waals surface area (Å²) in [6.07, 6.45) is 0.431. The zero-order chi connectivity index (χ0) is 5.70. The Morgan fingerprint density at radius 1 is 1.86 bits per heavy atom. The van der Waals surface area contributed by atoms with E-state index < -0.39 is 0 Å². The third kappa shape index (κ3) is 3.32. The molecule has 0 saturated heterocycles. The molecule has 0 aromatic carbocycles. The fourth-order valence-electron chi connectivity index (χ4n) is 0.213. The van der Waals surface area contributed by atoms with Crippen molar-refractivity contribution in [3.63, 3.8) is 0 Å². The van der Waals surface area contributed by atoms with Crippen molar-refractivity contribution in [2.75, 3.05) is 6.73 Å². The third-order valence-corrected chi connectivity index (χ3v) is 0.597. The Labute approximate surface area is 43.1 Å². The van der Waals surface area contributed by atoms with E-state index in [9.17, 15) is 4.79 Å². The number of hydrogen-bond donors (Lipinski definition) is 2. The van der Waals surface area contributed by atoms with Crippen LogP contribution in [0.5, 0.6) is 0 Å². The van der Waals surface area contributed by atoms with Gasteiger partial charge in [0.2, 0.25) is 5.91 Å². The van der Waals surface area contributed by atoms with Crippen LogP contribution in [0.2, 0.25) is 6.32 Å². The Morgan fingerprint density at radius 2 is 2.43 bits per heavy atom. The normalized spacial score (nSPS) is 8.14. The van der Waals surface area contributed by atoms with E-state index in [0.717, 1.165) is 0 Å². The molecule has 0 aliphatic rings. The maximum atomic E-state index is 10.1. The van der Waals surface area contributed by atoms with Gasteiger partial charge in [0.25, 0.3) is 0 Å². The molecule has 0 radical (unpaired) electrons. The standard InChI is InChI=1S/C3H8BNO2/c4-1-3(7)5-2-6/h6H,1-2,4H2,(H,5,7). The Balaban J connectivity index is 3.00. The topological polar surface area (TPSA) is 49.3 Å². The van der Waals surface area contributed by atoms with Crippen LogP contribution in [0.1, 0.15) is 0 Å². The molecule has 0 aromatic heterocycles. The summed E-state index contributed by atoms with van der Waals surface area (Å²) in [5.74, 6) is -0.123. The smallest absolute Gasteiger partial charge is 0.213 e. The third-order valence-electron chi connectivity index (χ3n) is 0.597. The molecule has 0 saturated carbocycles. The summed E-state index contributed by atoms with van der Waals surface area (Å²) in [4.78, 5) is 10.1. The summed E-state index contributed by atoms with van der Waals surface area (Å²) in [7, 11) is 1.73. The molecule has 0 atom stereocenters. The zero-order valence-corrected chi connectivity index (χ0v) is 4.27. The van der Waals surface area contributed by atoms with Gasteiger partial charge in [0.15, 0.2) is 0 Å². The molecule has 40 valence electrons. The number of amides is 1. The molecule has 0 aliphatic heterocycles. The average molecular weight is 101 g/mol. The van der Waals surface area contributed by atoms with E-state index in [4.69, 9.17) is 5.11 Å². The maximum absolute atomic E-state index is 10.1. The molecule has 0 heterocycles. The van der Waals surface area contributed by atoms with Crippen molar-refractivity contribution < 1.29 is 9.90 Å². The van der Waals surface area contributed by atoms with Gasteiger partial charge in [-0.05, 0) is 6.32 Å². The zero-order valence-electron chi connectivity index (χ0n) is 4.27. The fraction of sp³-hybridized carbons (Fsp3) is 0.667. The lowest BCUT2D eigenvalue weighted by Gasteiger charge is -1.93. The average Bonchev–Trinajstić information content (AvgIpc) is 1.68. The van der Waals surface area contributed by atoms with Gasteiger partial charge in [-0.1, -0.05) is 0 Å². The van der Waals surface area contributed by atoms with Crippen LogP contribution >= 0.6 is 0 Å². The summed E-state index contributed by atoms with van der Waals surface area (Å²) < 4.78 is 0. The number of rotatable bonds is 2. The number of carbonyl (C=O) groups is 1. The van der Waals surface area contributed by atoms with Crippen LogP contribution in [0.4, 0.5) is 0 Å². The number of carbonyl (C=O) groups excluding carboxylic acids is 1. The van der Waals surface area contributed by atoms with Crippen molar-refractivity contribution >= 4 is 13.8 Å². The second kappa shape index (κ2) is 3.68. The lowest BCUT2D eigenvalue weighted by atomic mass is 10.1. The number of aliphatic hydroxyl groups is 1. The van der Waals surface area contributed by atoms with Crippen molar-refractivity contribution in [1.29, 1.82) is 0 Å². The van der Waals surface area contributed by atoms with E-state index in [1.807, 2.05) is 0 Å². The van der Waals surface area contributed by atoms with E-state index in [0.29, 0.717) is 6.32 Å². The Hall–Kier alpha value is -0.505. The summed E-state index contributed by atoms with van der Waals surface area (Å²) >= 11 is 0. The molecule has 7 heavy (non-hydrogen) atoms. The van der Waals surface area contributed by atoms with Gasteiger partial charge >= 0.3 is 0 Å². The predicted octanol–water partition coefficient (Wildman–Crippen LogP) is -1.90. The van der Waals surface area contributed by atoms with E-state index in [-0.39, 0.29) is 12.6 Å². The highest BCUT2D eigenvalue weighted by Gasteiger charge is 1.89. The molecule has 0 unspecified atom stereocenters. The monoisotopic (exact) mass is 101 g/mol. The molecule has 0 aromatic rings. The van der Waals surface area contributed by atoms with Gasteiger partial charge in [-0.2, -0.15) is 0 Å². The predicted molar refractivity (Wildman–Crippen MR) is 28.6 cm³/mol. The Morgan fingerprint density at radius 3 is 2.57 bits per heavy atom. The minimum Gasteiger partial charge on any atom is -0.377 e. The van der Waals surface area contributed by atoms with Crippen molar-refractivity contribution in [3.8, 4) is 0 Å². The van der Waals surface area contributed by atoms with Crippen LogP contribution in [-0.4, -0.2) is 25.6 Å². The number of nitrogens with one attached hydrogen (secondary N) is 1. The van der Waals surface area contributed by atoms with E-state index in [1.165, 1.54) is 0 Å². The lowest BCUT2D eigenvalue weighted by Crippen LogP contribution is -2.22. The first-order chi connectivity index (χ1) is 3.31. The number of aliphatic hydroxyl groups excluding tert-OH is 1. The highest BCUT2D eigenvalue weighted by Crippen LogP contribution is 1.66. The van der Waals surface area contributed by atoms with Crippen molar-refractivity contribution in [3.05, 3.63) is 0 Å². The SMILES string of the molecule is BCC(=O)NCO. The molecule has 4 heteroatoms. The first-order valence-electron chi connectivity index (χ1n) is 2.18. The van der Waals surface area contributed by atoms with Gasteiger partial charge in [-0.25, -0.2) is 0 Å². The number of hydrogen-bond acceptors (Lipinski definition) is 2. The van der Waals surface area contributed by atoms with Gasteiger partial charge < -0.3 is 10.4 Å². The largest absolute Gasteiger partial charge is 0.377 e. The second-order valence-corrected chi connectivity index (χ2v) is 1.11. The molecule has 0 bridgehead atoms. The molecule has 2 N–H and O–H groups in total. The van der Waals surface area contributed by atoms with E-state index in [1.54, 1.807) is 7.85 Å². The van der Waals surface area contributed by atoms with E-state index >= 15 is 0 Å². The molecule has 0 fully saturated rings. The minimum atomic E-state index is -0.257. The lowest BCUT2D eigenvalue weighted by molar-refractivity contribution is -0.119. The van der Waals surface area contributed by atoms with Gasteiger partial charge in [0.1, 0.15) is 14.6 Å². The van der Waals surface area contributed by atoms with Crippen LogP contribution in [-0.2, 0) is 4.79 Å². The van der Waals surface area contributed by atoms with Crippen LogP contribution < -0.4 is 5.32 Å². The second-order valence-electron chi connectivity index (χ2n) is 1.11. The Bertz CT molecular complexity index is 66.0. The van der Waals surface area contributed by atoms with Crippen LogP contribution in [0.15, 0.2) is 0 Å². The van der Waals surface area contributed by atoms with Crippen LogP contribution in [0, 0.1) is 0 Å². The van der Waals surface area contributed by atoms with Crippen molar-refractivity contribution in [2.24, 2.45) is 0 Å². The van der Waals surface area contributed by atoms with Gasteiger partial charge in [-0.15, -0.1) is 0 Å². The van der Waals surface area contributed by atoms with Gasteiger partial charge in [-0.3, -0.25) is 4.79 Å². The summed E-state index contributed by atoms with van der Waals surface area (Å²) in [6.45, 7) is -0.257. The maximum Gasteiger partial charge on any atom is 0.213 e. The molecule has 0 rings (SSSR count). The fourth-order valence-corrected chi connectivity index (χ4v) is 0.213. The van der Waals surface area contributed by atoms with Gasteiger partial charge in [0.05, 0.1) is 0 Å². The quantitative estimate of drug-likeness (QED) is 0.315. The molecule has 0 spiro atoms. The first kappa shape index (κ1) is 6.49. The Kier molecular flexibility index (Phi) is 3.41. The summed E-state index contributed by atoms with van der Waals surface area (Å²) in [5, 5.41) is 10.2. The molecular weight excluding hydrogens is 92.8 g/mol. The van der Waals surface area contributed by atoms with Crippen molar-refractivity contribution in [1.82, 2.24) is 5.32 Å². The highest BCUT2D eigenvalue weighted by molar-refractivity contribution is 6.19. The minimum absolute atomic E-state index is 0.123. The summed E-state index contributed by atoms with van der Waals surface area (Å²) in [5.41, 5.74) is 0. The molecular formula is C3H8BNO2. The molecule has 3 nitrogen and oxygen atoms in total. The first-order valence-corrected chi connectivity index (χ1v) is 2.18. The molecule has 0 aliphatic carbocycles. The van der Waals surface area contributed by atoms with Gasteiger partial charge in [0, 0.05) is 0 Å². The summed E-state index contributed by atoms with van der Waals surface area (Å²) in [6, 6.07) is 0. The van der Waals surface area contributed by atoms with Crippen molar-refractivity contribution in [2.45, 2.75) is 6.32 Å².